The first-order valence-electron chi connectivity index (χ1n) is 13.2. The van der Waals surface area contributed by atoms with Crippen LogP contribution in [0, 0.1) is 22.7 Å². The monoisotopic (exact) mass is 570 g/mol. The molecule has 0 aromatic heterocycles. The molecule has 1 heterocycles. The van der Waals surface area contributed by atoms with Gasteiger partial charge in [-0.1, -0.05) is 18.6 Å². The number of ketones is 2. The molecule has 4 fully saturated rings. The molecule has 0 radical (unpaired) electrons. The van der Waals surface area contributed by atoms with Gasteiger partial charge < -0.3 is 19.3 Å². The second kappa shape index (κ2) is 8.75. The Kier molecular flexibility index (Phi) is 6.40. The van der Waals surface area contributed by atoms with E-state index in [4.69, 9.17) is 18.8 Å². The summed E-state index contributed by atoms with van der Waals surface area (Å²) in [6.07, 6.45) is 2.40. The molecule has 0 bridgehead atoms. The van der Waals surface area contributed by atoms with Crippen LogP contribution in [-0.2, 0) is 38.7 Å². The lowest BCUT2D eigenvalue weighted by Crippen LogP contribution is -2.70. The number of halogens is 1. The van der Waals surface area contributed by atoms with E-state index in [0.717, 1.165) is 0 Å². The molecule has 3 saturated carbocycles. The van der Waals surface area contributed by atoms with E-state index < -0.39 is 92.6 Å². The standard InChI is InChI=1S/C27H35FO10S/c1-23(2)37-21-12-18-17-6-5-15-11-16(29)7-9-24(15,3)26(17,28)19(30)13-25(18,4)27(21,38-23)20(31)14-36-22(32)8-10-39(33,34)35/h7,9,11,17-19,21,30H,5-6,8,10,12-14H2,1-4H3,(H,33,34,35)/t17-,18-,19-,21+,24-,25-,26-,27+/m0/s1. The molecule has 10 nitrogen and oxygen atoms in total. The van der Waals surface area contributed by atoms with Gasteiger partial charge in [0.25, 0.3) is 10.1 Å². The molecule has 2 N–H and O–H groups in total. The zero-order valence-electron chi connectivity index (χ0n) is 22.4. The Balaban J connectivity index is 1.48. The van der Waals surface area contributed by atoms with Crippen molar-refractivity contribution >= 4 is 27.7 Å². The van der Waals surface area contributed by atoms with E-state index in [1.165, 1.54) is 12.2 Å². The SMILES string of the molecule is CC1(C)O[C@@H]2C[C@H]3[C@@H]4CCC5=CC(=O)C=C[C@]5(C)[C@@]4(F)[C@@H](O)C[C@]3(C)[C@]2(C(=O)COC(=O)CCS(=O)(=O)O)O1. The van der Waals surface area contributed by atoms with Crippen LogP contribution >= 0.6 is 0 Å². The molecular weight excluding hydrogens is 535 g/mol. The lowest BCUT2D eigenvalue weighted by molar-refractivity contribution is -0.246. The van der Waals surface area contributed by atoms with Gasteiger partial charge in [-0.05, 0) is 64.5 Å². The summed E-state index contributed by atoms with van der Waals surface area (Å²) >= 11 is 0. The van der Waals surface area contributed by atoms with Crippen molar-refractivity contribution in [1.82, 2.24) is 0 Å². The maximum atomic E-state index is 17.4. The Hall–Kier alpha value is -1.99. The highest BCUT2D eigenvalue weighted by Gasteiger charge is 2.80. The van der Waals surface area contributed by atoms with Gasteiger partial charge in [0.2, 0.25) is 5.78 Å². The minimum absolute atomic E-state index is 0.131. The van der Waals surface area contributed by atoms with Crippen LogP contribution in [-0.4, -0.2) is 77.2 Å². The van der Waals surface area contributed by atoms with Gasteiger partial charge in [-0.25, -0.2) is 4.39 Å². The van der Waals surface area contributed by atoms with Gasteiger partial charge in [0.1, 0.15) is 0 Å². The Bertz CT molecular complexity index is 1290. The predicted octanol–water partition coefficient (Wildman–Crippen LogP) is 2.25. The average Bonchev–Trinajstić information content (AvgIpc) is 3.23. The van der Waals surface area contributed by atoms with E-state index in [-0.39, 0.29) is 18.6 Å². The highest BCUT2D eigenvalue weighted by atomic mass is 32.2. The molecule has 5 aliphatic rings. The van der Waals surface area contributed by atoms with E-state index in [2.05, 4.69) is 0 Å². The summed E-state index contributed by atoms with van der Waals surface area (Å²) in [4.78, 5) is 38.1. The fraction of sp³-hybridized carbons (Fsp3) is 0.741. The fourth-order valence-electron chi connectivity index (χ4n) is 8.35. The number of rotatable bonds is 6. The number of alkyl halides is 1. The lowest BCUT2D eigenvalue weighted by Gasteiger charge is -2.62. The first-order chi connectivity index (χ1) is 17.9. The Labute approximate surface area is 226 Å². The number of carbonyl (C=O) groups is 3. The second-order valence-electron chi connectivity index (χ2n) is 12.5. The number of hydrogen-bond donors (Lipinski definition) is 2. The summed E-state index contributed by atoms with van der Waals surface area (Å²) in [5.74, 6) is -4.95. The molecule has 12 heteroatoms. The first-order valence-corrected chi connectivity index (χ1v) is 14.8. The van der Waals surface area contributed by atoms with Crippen molar-refractivity contribution < 1.29 is 51.1 Å². The van der Waals surface area contributed by atoms with Crippen LogP contribution in [0.5, 0.6) is 0 Å². The molecule has 39 heavy (non-hydrogen) atoms. The smallest absolute Gasteiger partial charge is 0.307 e. The molecule has 4 aliphatic carbocycles. The maximum absolute atomic E-state index is 17.4. The molecule has 1 aliphatic heterocycles. The van der Waals surface area contributed by atoms with Crippen LogP contribution in [0.4, 0.5) is 4.39 Å². The molecule has 0 spiro atoms. The van der Waals surface area contributed by atoms with E-state index >= 15 is 4.39 Å². The zero-order chi connectivity index (χ0) is 28.8. The number of hydrogen-bond acceptors (Lipinski definition) is 9. The molecule has 0 aromatic rings. The quantitative estimate of drug-likeness (QED) is 0.359. The van der Waals surface area contributed by atoms with Crippen molar-refractivity contribution in [3.05, 3.63) is 23.8 Å². The highest BCUT2D eigenvalue weighted by Crippen LogP contribution is 2.72. The maximum Gasteiger partial charge on any atom is 0.307 e. The molecule has 216 valence electrons. The van der Waals surface area contributed by atoms with Crippen molar-refractivity contribution in [2.45, 2.75) is 89.1 Å². The van der Waals surface area contributed by atoms with Gasteiger partial charge in [0, 0.05) is 16.7 Å². The van der Waals surface area contributed by atoms with Crippen molar-refractivity contribution in [2.75, 3.05) is 12.4 Å². The molecule has 1 saturated heterocycles. The van der Waals surface area contributed by atoms with E-state index in [1.54, 1.807) is 33.8 Å². The van der Waals surface area contributed by atoms with E-state index in [9.17, 15) is 27.9 Å². The largest absolute Gasteiger partial charge is 0.458 e. The molecular formula is C27H35FO10S. The number of carbonyl (C=O) groups excluding carboxylic acids is 3. The van der Waals surface area contributed by atoms with E-state index in [0.29, 0.717) is 18.4 Å². The minimum Gasteiger partial charge on any atom is -0.458 e. The third kappa shape index (κ3) is 4.00. The number of ether oxygens (including phenoxy) is 3. The topological polar surface area (TPSA) is 153 Å². The van der Waals surface area contributed by atoms with Crippen LogP contribution in [0.2, 0.25) is 0 Å². The normalized spacial score (nSPS) is 44.1. The molecule has 8 atom stereocenters. The number of Topliss-reactive ketones (excluding diaryl/α,β-unsaturated/α-hetero) is 1. The van der Waals surface area contributed by atoms with Crippen molar-refractivity contribution in [2.24, 2.45) is 22.7 Å². The summed E-state index contributed by atoms with van der Waals surface area (Å²) < 4.78 is 65.8. The number of aliphatic hydroxyl groups excluding tert-OH is 1. The van der Waals surface area contributed by atoms with Crippen LogP contribution in [0.25, 0.3) is 0 Å². The molecule has 5 rings (SSSR count). The Morgan fingerprint density at radius 3 is 2.56 bits per heavy atom. The Morgan fingerprint density at radius 2 is 1.90 bits per heavy atom. The second-order valence-corrected chi connectivity index (χ2v) is 14.0. The summed E-state index contributed by atoms with van der Waals surface area (Å²) in [6.45, 7) is 6.06. The average molecular weight is 571 g/mol. The minimum atomic E-state index is -4.39. The van der Waals surface area contributed by atoms with Gasteiger partial charge in [0.15, 0.2) is 29.4 Å². The van der Waals surface area contributed by atoms with Gasteiger partial charge >= 0.3 is 5.97 Å². The Morgan fingerprint density at radius 1 is 1.21 bits per heavy atom. The lowest BCUT2D eigenvalue weighted by atomic mass is 9.44. The zero-order valence-corrected chi connectivity index (χ0v) is 23.3. The third-order valence-electron chi connectivity index (χ3n) is 9.98. The summed E-state index contributed by atoms with van der Waals surface area (Å²) in [6, 6.07) is 0. The van der Waals surface area contributed by atoms with Crippen molar-refractivity contribution in [3.8, 4) is 0 Å². The van der Waals surface area contributed by atoms with Gasteiger partial charge in [0.05, 0.1) is 24.4 Å². The molecule has 0 unspecified atom stereocenters. The summed E-state index contributed by atoms with van der Waals surface area (Å²) in [5, 5.41) is 11.6. The van der Waals surface area contributed by atoms with Crippen LogP contribution in [0.1, 0.15) is 59.8 Å². The fourth-order valence-corrected chi connectivity index (χ4v) is 8.77. The number of fused-ring (bicyclic) bond motifs is 7. The summed E-state index contributed by atoms with van der Waals surface area (Å²) in [5.41, 5.74) is -5.38. The van der Waals surface area contributed by atoms with Gasteiger partial charge in [-0.15, -0.1) is 0 Å². The van der Waals surface area contributed by atoms with E-state index in [1.807, 2.05) is 0 Å². The predicted molar refractivity (Wildman–Crippen MR) is 134 cm³/mol. The van der Waals surface area contributed by atoms with Crippen LogP contribution in [0.15, 0.2) is 23.8 Å². The number of allylic oxidation sites excluding steroid dienone is 4. The molecule has 0 aromatic carbocycles. The van der Waals surface area contributed by atoms with Gasteiger partial charge in [-0.2, -0.15) is 8.42 Å². The first kappa shape index (κ1) is 28.5. The van der Waals surface area contributed by atoms with Crippen molar-refractivity contribution in [3.63, 3.8) is 0 Å². The van der Waals surface area contributed by atoms with Gasteiger partial charge in [-0.3, -0.25) is 18.9 Å². The van der Waals surface area contributed by atoms with Crippen LogP contribution in [0.3, 0.4) is 0 Å². The highest BCUT2D eigenvalue weighted by molar-refractivity contribution is 7.85. The van der Waals surface area contributed by atoms with Crippen molar-refractivity contribution in [1.29, 1.82) is 0 Å². The molecule has 0 amide bonds. The number of aliphatic hydroxyl groups is 1. The number of esters is 1. The van der Waals surface area contributed by atoms with Crippen LogP contribution < -0.4 is 0 Å². The summed E-state index contributed by atoms with van der Waals surface area (Å²) in [7, 11) is -4.39. The third-order valence-corrected chi connectivity index (χ3v) is 10.7.